The lowest BCUT2D eigenvalue weighted by Crippen LogP contribution is -2.44. The van der Waals surface area contributed by atoms with E-state index in [4.69, 9.17) is 4.74 Å². The molecule has 0 atom stereocenters. The van der Waals surface area contributed by atoms with Crippen molar-refractivity contribution in [3.63, 3.8) is 0 Å². The van der Waals surface area contributed by atoms with Gasteiger partial charge in [-0.15, -0.1) is 0 Å². The van der Waals surface area contributed by atoms with E-state index in [-0.39, 0.29) is 42.3 Å². The molecule has 0 radical (unpaired) electrons. The Kier molecular flexibility index (Phi) is 8.36. The van der Waals surface area contributed by atoms with Gasteiger partial charge in [-0.25, -0.2) is 17.1 Å². The van der Waals surface area contributed by atoms with Gasteiger partial charge in [0.15, 0.2) is 6.61 Å². The van der Waals surface area contributed by atoms with Crippen molar-refractivity contribution in [1.29, 1.82) is 0 Å². The summed E-state index contributed by atoms with van der Waals surface area (Å²) in [5.41, 5.74) is -0.374. The summed E-state index contributed by atoms with van der Waals surface area (Å²) in [5, 5.41) is 2.75. The van der Waals surface area contributed by atoms with Gasteiger partial charge in [-0.3, -0.25) is 9.59 Å². The number of hydrogen-bond donors (Lipinski definition) is 1. The first-order valence-electron chi connectivity index (χ1n) is 8.66. The van der Waals surface area contributed by atoms with Gasteiger partial charge in [-0.05, 0) is 51.0 Å². The fourth-order valence-electron chi connectivity index (χ4n) is 2.07. The molecule has 0 bridgehead atoms. The number of amides is 1. The van der Waals surface area contributed by atoms with Gasteiger partial charge in [-0.1, -0.05) is 6.92 Å². The third kappa shape index (κ3) is 7.64. The Morgan fingerprint density at radius 2 is 1.81 bits per heavy atom. The monoisotopic (exact) mass is 402 g/mol. The number of carbonyl (C=O) groups excluding carboxylic acids is 2. The molecule has 0 aromatic heterocycles. The molecule has 0 aliphatic rings. The van der Waals surface area contributed by atoms with Crippen LogP contribution in [0.25, 0.3) is 0 Å². The van der Waals surface area contributed by atoms with Gasteiger partial charge in [0, 0.05) is 25.6 Å². The van der Waals surface area contributed by atoms with Crippen LogP contribution in [-0.4, -0.2) is 50.3 Å². The number of nitrogens with one attached hydrogen (secondary N) is 1. The van der Waals surface area contributed by atoms with E-state index in [1.807, 2.05) is 20.8 Å². The quantitative estimate of drug-likeness (QED) is 0.605. The van der Waals surface area contributed by atoms with Crippen LogP contribution in [0.3, 0.4) is 0 Å². The van der Waals surface area contributed by atoms with E-state index < -0.39 is 21.8 Å². The first kappa shape index (κ1) is 23.0. The highest BCUT2D eigenvalue weighted by Gasteiger charge is 2.21. The third-order valence-corrected chi connectivity index (χ3v) is 5.97. The molecule has 0 spiro atoms. The smallest absolute Gasteiger partial charge is 0.306 e. The van der Waals surface area contributed by atoms with Crippen LogP contribution in [0.4, 0.5) is 4.39 Å². The van der Waals surface area contributed by atoms with E-state index >= 15 is 0 Å². The number of sulfonamides is 1. The number of esters is 1. The van der Waals surface area contributed by atoms with Gasteiger partial charge in [0.1, 0.15) is 5.82 Å². The van der Waals surface area contributed by atoms with Crippen LogP contribution in [0.15, 0.2) is 29.2 Å². The standard InChI is InChI=1S/C18H27FN2O5S/c1-5-18(2,3)20-16(22)13-26-17(23)7-6-12-21(4)27(24,25)15-10-8-14(19)9-11-15/h8-11H,5-7,12-13H2,1-4H3,(H,20,22). The zero-order valence-electron chi connectivity index (χ0n) is 16.1. The lowest BCUT2D eigenvalue weighted by Gasteiger charge is -2.24. The van der Waals surface area contributed by atoms with Crippen molar-refractivity contribution < 1.29 is 27.1 Å². The molecule has 1 amide bonds. The summed E-state index contributed by atoms with van der Waals surface area (Å²) < 4.78 is 43.6. The topological polar surface area (TPSA) is 92.8 Å². The predicted octanol–water partition coefficient (Wildman–Crippen LogP) is 2.07. The second kappa shape index (κ2) is 9.80. The minimum absolute atomic E-state index is 0.0201. The fourth-order valence-corrected chi connectivity index (χ4v) is 3.28. The number of hydrogen-bond acceptors (Lipinski definition) is 5. The van der Waals surface area contributed by atoms with E-state index in [1.165, 1.54) is 19.2 Å². The zero-order chi connectivity index (χ0) is 20.7. The van der Waals surface area contributed by atoms with E-state index in [1.54, 1.807) is 0 Å². The Bertz CT molecular complexity index is 748. The third-order valence-electron chi connectivity index (χ3n) is 4.10. The summed E-state index contributed by atoms with van der Waals surface area (Å²) in [7, 11) is -2.37. The molecule has 0 aliphatic heterocycles. The minimum Gasteiger partial charge on any atom is -0.456 e. The molecule has 0 aliphatic carbocycles. The Morgan fingerprint density at radius 1 is 1.22 bits per heavy atom. The van der Waals surface area contributed by atoms with Gasteiger partial charge in [-0.2, -0.15) is 0 Å². The molecule has 1 aromatic rings. The Labute approximate surface area is 159 Å². The average Bonchev–Trinajstić information content (AvgIpc) is 2.60. The molecule has 0 saturated carbocycles. The van der Waals surface area contributed by atoms with E-state index in [2.05, 4.69) is 5.32 Å². The number of halogens is 1. The van der Waals surface area contributed by atoms with Crippen LogP contribution in [-0.2, 0) is 24.3 Å². The van der Waals surface area contributed by atoms with Gasteiger partial charge in [0.05, 0.1) is 4.90 Å². The second-order valence-corrected chi connectivity index (χ2v) is 8.88. The maximum absolute atomic E-state index is 12.9. The highest BCUT2D eigenvalue weighted by Crippen LogP contribution is 2.15. The molecule has 27 heavy (non-hydrogen) atoms. The highest BCUT2D eigenvalue weighted by molar-refractivity contribution is 7.89. The van der Waals surface area contributed by atoms with Crippen LogP contribution < -0.4 is 5.32 Å². The molecule has 0 fully saturated rings. The van der Waals surface area contributed by atoms with Gasteiger partial charge >= 0.3 is 5.97 Å². The Hall–Kier alpha value is -2.00. The maximum atomic E-state index is 12.9. The molecule has 0 saturated heterocycles. The zero-order valence-corrected chi connectivity index (χ0v) is 16.9. The SMILES string of the molecule is CCC(C)(C)NC(=O)COC(=O)CCCN(C)S(=O)(=O)c1ccc(F)cc1. The number of ether oxygens (including phenoxy) is 1. The molecule has 1 aromatic carbocycles. The molecule has 9 heteroatoms. The first-order chi connectivity index (χ1) is 12.5. The molecule has 0 unspecified atom stereocenters. The van der Waals surface area contributed by atoms with Crippen LogP contribution in [0.2, 0.25) is 0 Å². The summed E-state index contributed by atoms with van der Waals surface area (Å²) in [4.78, 5) is 23.4. The summed E-state index contributed by atoms with van der Waals surface area (Å²) in [6.07, 6.45) is 0.951. The van der Waals surface area contributed by atoms with Crippen molar-refractivity contribution in [2.24, 2.45) is 0 Å². The lowest BCUT2D eigenvalue weighted by molar-refractivity contribution is -0.149. The normalized spacial score (nSPS) is 12.1. The molecule has 7 nitrogen and oxygen atoms in total. The van der Waals surface area contributed by atoms with Crippen molar-refractivity contribution >= 4 is 21.9 Å². The van der Waals surface area contributed by atoms with Gasteiger partial charge < -0.3 is 10.1 Å². The number of nitrogens with zero attached hydrogens (tertiary/aromatic N) is 1. The number of benzene rings is 1. The second-order valence-electron chi connectivity index (χ2n) is 6.83. The molecule has 152 valence electrons. The van der Waals surface area contributed by atoms with E-state index in [9.17, 15) is 22.4 Å². The number of rotatable bonds is 10. The Balaban J connectivity index is 2.40. The average molecular weight is 402 g/mol. The summed E-state index contributed by atoms with van der Waals surface area (Å²) in [6.45, 7) is 5.38. The molecule has 1 N–H and O–H groups in total. The van der Waals surface area contributed by atoms with Crippen molar-refractivity contribution in [3.8, 4) is 0 Å². The van der Waals surface area contributed by atoms with E-state index in [0.717, 1.165) is 22.9 Å². The van der Waals surface area contributed by atoms with Crippen LogP contribution in [0.1, 0.15) is 40.0 Å². The summed E-state index contributed by atoms with van der Waals surface area (Å²) in [6, 6.07) is 4.52. The Morgan fingerprint density at radius 3 is 2.37 bits per heavy atom. The first-order valence-corrected chi connectivity index (χ1v) is 10.1. The summed E-state index contributed by atoms with van der Waals surface area (Å²) in [5.74, 6) is -1.48. The van der Waals surface area contributed by atoms with Crippen molar-refractivity contribution in [2.45, 2.75) is 50.5 Å². The van der Waals surface area contributed by atoms with E-state index in [0.29, 0.717) is 0 Å². The highest BCUT2D eigenvalue weighted by atomic mass is 32.2. The largest absolute Gasteiger partial charge is 0.456 e. The number of carbonyl (C=O) groups is 2. The maximum Gasteiger partial charge on any atom is 0.306 e. The molecule has 1 rings (SSSR count). The van der Waals surface area contributed by atoms with Crippen molar-refractivity contribution in [2.75, 3.05) is 20.2 Å². The van der Waals surface area contributed by atoms with Crippen LogP contribution in [0.5, 0.6) is 0 Å². The molecule has 0 heterocycles. The van der Waals surface area contributed by atoms with Crippen molar-refractivity contribution in [3.05, 3.63) is 30.1 Å². The predicted molar refractivity (Wildman–Crippen MR) is 98.9 cm³/mol. The molecular formula is C18H27FN2O5S. The lowest BCUT2D eigenvalue weighted by atomic mass is 10.0. The summed E-state index contributed by atoms with van der Waals surface area (Å²) >= 11 is 0. The van der Waals surface area contributed by atoms with Crippen LogP contribution in [0, 0.1) is 5.82 Å². The van der Waals surface area contributed by atoms with Crippen LogP contribution >= 0.6 is 0 Å². The van der Waals surface area contributed by atoms with Gasteiger partial charge in [0.25, 0.3) is 5.91 Å². The fraction of sp³-hybridized carbons (Fsp3) is 0.556. The van der Waals surface area contributed by atoms with Gasteiger partial charge in [0.2, 0.25) is 10.0 Å². The van der Waals surface area contributed by atoms with Crippen molar-refractivity contribution in [1.82, 2.24) is 9.62 Å². The molecular weight excluding hydrogens is 375 g/mol. The minimum atomic E-state index is -3.75.